The fourth-order valence-electron chi connectivity index (χ4n) is 9.79. The second-order valence-electron chi connectivity index (χ2n) is 18.5. The van der Waals surface area contributed by atoms with Gasteiger partial charge in [0.05, 0.1) is 59.6 Å². The molecule has 22 nitrogen and oxygen atoms in total. The molecule has 6 aliphatic heterocycles. The van der Waals surface area contributed by atoms with Crippen molar-refractivity contribution < 1.29 is 74.1 Å². The van der Waals surface area contributed by atoms with Gasteiger partial charge in [0.2, 0.25) is 12.1 Å². The monoisotopic (exact) mass is 1080 g/mol. The molecule has 0 radical (unpaired) electrons. The molecule has 13 atom stereocenters. The summed E-state index contributed by atoms with van der Waals surface area (Å²) in [4.78, 5) is 39.0. The molecule has 0 aromatic rings. The number of guanidine groups is 2. The molecule has 6 bridgehead atoms. The van der Waals surface area contributed by atoms with Gasteiger partial charge >= 0.3 is 11.9 Å². The van der Waals surface area contributed by atoms with Crippen LogP contribution in [0.1, 0.15) is 39.5 Å². The quantitative estimate of drug-likeness (QED) is 0.0140. The molecule has 398 valence electrons. The van der Waals surface area contributed by atoms with E-state index in [4.69, 9.17) is 40.9 Å². The number of carbonyl (C=O) groups is 2. The first-order valence-electron chi connectivity index (χ1n) is 23.6. The summed E-state index contributed by atoms with van der Waals surface area (Å²) >= 11 is 0. The first kappa shape index (κ1) is 56.1. The number of carboxylic acids is 1. The van der Waals surface area contributed by atoms with E-state index in [2.05, 4.69) is 27.1 Å². The molecule has 6 heterocycles. The van der Waals surface area contributed by atoms with E-state index in [0.717, 1.165) is 0 Å². The van der Waals surface area contributed by atoms with E-state index in [1.54, 1.807) is 30.9 Å². The van der Waals surface area contributed by atoms with E-state index in [-0.39, 0.29) is 91.9 Å². The average molecular weight is 1080 g/mol. The van der Waals surface area contributed by atoms with Crippen molar-refractivity contribution in [2.24, 2.45) is 50.9 Å². The maximum atomic E-state index is 15.1. The second kappa shape index (κ2) is 24.8. The number of nitrogens with zero attached hydrogens (tertiary/aromatic N) is 3. The third-order valence-corrected chi connectivity index (χ3v) is 19.5. The van der Waals surface area contributed by atoms with Crippen molar-refractivity contribution in [2.45, 2.75) is 104 Å². The number of hydrogen-bond acceptors (Lipinski definition) is 21. The van der Waals surface area contributed by atoms with Crippen LogP contribution in [-0.2, 0) is 33.3 Å². The normalized spacial score (nSPS) is 34.6. The SMILES string of the molecule is CC(C)OC1C(OC2OC=C3C(=O)OC4CCC(CO)C4CSSC4C(CO)N5C=C(C(=O)O)C(NC(N)=NCCCO)=C(C=C6C#CC4(CCN=C(N)N)SSCC=CC2C63)C5)OC(CO)C(O)C1(O)O. The fourth-order valence-corrected chi connectivity index (χ4v) is 16.8. The number of allylic oxidation sites excluding steroid dienone is 1. The van der Waals surface area contributed by atoms with Crippen LogP contribution in [0.4, 0.5) is 0 Å². The van der Waals surface area contributed by atoms with Crippen LogP contribution >= 0.6 is 43.2 Å². The van der Waals surface area contributed by atoms with Crippen molar-refractivity contribution in [3.8, 4) is 11.8 Å². The number of hydrogen-bond donors (Lipinski definition) is 12. The number of carbonyl (C=O) groups excluding carboxylic acids is 1. The molecular formula is C46H65N7O15S4. The Labute approximate surface area is 432 Å². The van der Waals surface area contributed by atoms with Gasteiger partial charge in [-0.2, -0.15) is 0 Å². The molecule has 7 rings (SSSR count). The van der Waals surface area contributed by atoms with Crippen LogP contribution in [0.15, 0.2) is 68.7 Å². The topological polar surface area (TPSA) is 360 Å². The lowest BCUT2D eigenvalue weighted by Crippen LogP contribution is -2.69. The van der Waals surface area contributed by atoms with Crippen molar-refractivity contribution in [1.29, 1.82) is 0 Å². The molecule has 2 fully saturated rings. The molecule has 15 N–H and O–H groups in total. The molecule has 26 heteroatoms. The van der Waals surface area contributed by atoms with E-state index in [9.17, 15) is 45.6 Å². The number of aliphatic carboxylic acids is 1. The number of nitrogens with two attached hydrogens (primary N) is 3. The lowest BCUT2D eigenvalue weighted by molar-refractivity contribution is -0.413. The highest BCUT2D eigenvalue weighted by Gasteiger charge is 2.58. The third kappa shape index (κ3) is 12.4. The van der Waals surface area contributed by atoms with Crippen molar-refractivity contribution in [3.05, 3.63) is 58.7 Å². The van der Waals surface area contributed by atoms with Gasteiger partial charge < -0.3 is 92.0 Å². The number of fused-ring (bicyclic) bond motifs is 3. The maximum absolute atomic E-state index is 15.1. The molecule has 72 heavy (non-hydrogen) atoms. The van der Waals surface area contributed by atoms with E-state index in [0.29, 0.717) is 29.9 Å². The summed E-state index contributed by atoms with van der Waals surface area (Å²) in [6, 6.07) is -0.799. The summed E-state index contributed by atoms with van der Waals surface area (Å²) in [5.41, 5.74) is 18.5. The van der Waals surface area contributed by atoms with Crippen LogP contribution in [0.2, 0.25) is 0 Å². The van der Waals surface area contributed by atoms with Crippen molar-refractivity contribution >= 4 is 67.0 Å². The Morgan fingerprint density at radius 1 is 1.07 bits per heavy atom. The largest absolute Gasteiger partial charge is 0.478 e. The first-order valence-corrected chi connectivity index (χ1v) is 28.3. The predicted octanol–water partition coefficient (Wildman–Crippen LogP) is -0.795. The number of aliphatic imine (C=N–C) groups is 2. The zero-order valence-corrected chi connectivity index (χ0v) is 43.0. The summed E-state index contributed by atoms with van der Waals surface area (Å²) in [7, 11) is 5.82. The minimum Gasteiger partial charge on any atom is -0.478 e. The van der Waals surface area contributed by atoms with E-state index >= 15 is 4.79 Å². The third-order valence-electron chi connectivity index (χ3n) is 13.4. The zero-order valence-electron chi connectivity index (χ0n) is 39.7. The number of rotatable bonds is 15. The van der Waals surface area contributed by atoms with Crippen molar-refractivity contribution in [1.82, 2.24) is 10.2 Å². The zero-order chi connectivity index (χ0) is 51.9. The number of aliphatic hydroxyl groups is 7. The number of carboxylic acid groups (broad SMARTS) is 1. The Balaban J connectivity index is 1.52. The van der Waals surface area contributed by atoms with Gasteiger partial charge in [0, 0.05) is 68.0 Å². The fraction of sp³-hybridized carbons (Fsp3) is 0.652. The van der Waals surface area contributed by atoms with Gasteiger partial charge in [0.25, 0.3) is 0 Å². The molecule has 7 aliphatic rings. The summed E-state index contributed by atoms with van der Waals surface area (Å²) in [5, 5.41) is 88.9. The van der Waals surface area contributed by atoms with Gasteiger partial charge in [-0.25, -0.2) is 9.59 Å². The Hall–Kier alpha value is -3.66. The Morgan fingerprint density at radius 3 is 2.56 bits per heavy atom. The number of ether oxygens (including phenoxy) is 5. The molecule has 0 spiro atoms. The van der Waals surface area contributed by atoms with Gasteiger partial charge in [0.1, 0.15) is 23.1 Å². The minimum absolute atomic E-state index is 0.00782. The number of nitrogens with one attached hydrogen (secondary N) is 1. The summed E-state index contributed by atoms with van der Waals surface area (Å²) in [6.45, 7) is 1.85. The highest BCUT2D eigenvalue weighted by molar-refractivity contribution is 8.79. The molecule has 0 amide bonds. The van der Waals surface area contributed by atoms with Gasteiger partial charge in [-0.3, -0.25) is 9.98 Å². The van der Waals surface area contributed by atoms with Gasteiger partial charge in [0.15, 0.2) is 24.3 Å². The Morgan fingerprint density at radius 2 is 1.86 bits per heavy atom. The van der Waals surface area contributed by atoms with Crippen LogP contribution in [-0.4, -0.2) is 192 Å². The summed E-state index contributed by atoms with van der Waals surface area (Å²) in [6.07, 6.45) is -0.340. The standard InChI is InChI=1S/C46H65N7O15S4/c1-23(2)65-37-42(67-33(20-57)36(58)46(37,62)63)68-41-27-5-3-14-69-72-45(10-12-50-43(47)48)9-8-24-15-26-16-53(17-28(39(59)60)35(26)52-44(49)51-11-4-13-54)31(19-56)38(45)71-70-22-30-25(18-55)6-7-32(30)66-40(61)29(21-64-41)34(24)27/h3,5,15,17,21,23,25,27,30-34,36-38,41-42,54-58,62-63H,4,6-7,10-14,16,18-20,22H2,1-2H3,(H,59,60)(H4,47,48,50)(H3,49,51,52). The van der Waals surface area contributed by atoms with Crippen LogP contribution in [0.25, 0.3) is 0 Å². The number of esters is 1. The predicted molar refractivity (Wildman–Crippen MR) is 272 cm³/mol. The minimum atomic E-state index is -3.00. The molecule has 0 aromatic carbocycles. The van der Waals surface area contributed by atoms with Gasteiger partial charge in [-0.1, -0.05) is 67.2 Å². The van der Waals surface area contributed by atoms with Crippen molar-refractivity contribution in [2.75, 3.05) is 57.6 Å². The highest BCUT2D eigenvalue weighted by atomic mass is 33.1. The number of aliphatic hydroxyl groups excluding tert-OH is 5. The first-order chi connectivity index (χ1) is 34.5. The van der Waals surface area contributed by atoms with Crippen molar-refractivity contribution in [3.63, 3.8) is 0 Å². The van der Waals surface area contributed by atoms with E-state index in [1.807, 2.05) is 6.08 Å². The molecule has 1 saturated heterocycles. The molecule has 1 aliphatic carbocycles. The maximum Gasteiger partial charge on any atom is 0.339 e. The molecule has 0 aromatic heterocycles. The van der Waals surface area contributed by atoms with Crippen LogP contribution in [0, 0.1) is 35.5 Å². The van der Waals surface area contributed by atoms with E-state index < -0.39 is 102 Å². The summed E-state index contributed by atoms with van der Waals surface area (Å²) in [5.74, 6) is -0.301. The van der Waals surface area contributed by atoms with Gasteiger partial charge in [-0.15, -0.1) is 0 Å². The van der Waals surface area contributed by atoms with Crippen LogP contribution < -0.4 is 22.5 Å². The van der Waals surface area contributed by atoms with Crippen LogP contribution in [0.5, 0.6) is 0 Å². The lowest BCUT2D eigenvalue weighted by atomic mass is 9.77. The molecular weight excluding hydrogens is 1020 g/mol. The van der Waals surface area contributed by atoms with Crippen LogP contribution in [0.3, 0.4) is 0 Å². The Bertz CT molecular complexity index is 2270. The highest BCUT2D eigenvalue weighted by Crippen LogP contribution is 2.53. The molecule has 13 unspecified atom stereocenters. The lowest BCUT2D eigenvalue weighted by Gasteiger charge is -2.48. The Kier molecular flexibility index (Phi) is 19.3. The smallest absolute Gasteiger partial charge is 0.339 e. The second-order valence-corrected chi connectivity index (χ2v) is 23.7. The average Bonchev–Trinajstić information content (AvgIpc) is 3.71. The van der Waals surface area contributed by atoms with E-state index in [1.165, 1.54) is 55.6 Å². The van der Waals surface area contributed by atoms with Gasteiger partial charge in [-0.05, 0) is 57.1 Å². The molecule has 1 saturated carbocycles. The summed E-state index contributed by atoms with van der Waals surface area (Å²) < 4.78 is 30.1.